The molecule has 0 aromatic heterocycles. The van der Waals surface area contributed by atoms with Gasteiger partial charge in [0.25, 0.3) is 0 Å². The Balaban J connectivity index is 1.56. The summed E-state index contributed by atoms with van der Waals surface area (Å²) in [6, 6.07) is 8.22. The zero-order valence-electron chi connectivity index (χ0n) is 14.6. The van der Waals surface area contributed by atoms with Gasteiger partial charge in [-0.3, -0.25) is 9.69 Å². The molecule has 1 saturated heterocycles. The minimum Gasteiger partial charge on any atom is -0.494 e. The third-order valence-electron chi connectivity index (χ3n) is 5.25. The highest BCUT2D eigenvalue weighted by atomic mass is 16.5. The number of rotatable bonds is 5. The predicted octanol–water partition coefficient (Wildman–Crippen LogP) is 1.79. The molecule has 1 aliphatic heterocycles. The van der Waals surface area contributed by atoms with Crippen LogP contribution in [0.1, 0.15) is 32.3 Å². The molecule has 2 fully saturated rings. The van der Waals surface area contributed by atoms with Gasteiger partial charge >= 0.3 is 0 Å². The summed E-state index contributed by atoms with van der Waals surface area (Å²) < 4.78 is 5.49. The number of hydrogen-bond donors (Lipinski definition) is 2. The molecule has 132 valence electrons. The van der Waals surface area contributed by atoms with Crippen molar-refractivity contribution in [2.45, 2.75) is 45.4 Å². The number of nitrogens with one attached hydrogen (secondary N) is 1. The third-order valence-corrected chi connectivity index (χ3v) is 5.25. The minimum absolute atomic E-state index is 0.0539. The highest BCUT2D eigenvalue weighted by molar-refractivity contribution is 5.73. The first kappa shape index (κ1) is 17.2. The lowest BCUT2D eigenvalue weighted by Crippen LogP contribution is -2.48. The van der Waals surface area contributed by atoms with Gasteiger partial charge in [-0.2, -0.15) is 0 Å². The second-order valence-corrected chi connectivity index (χ2v) is 7.14. The van der Waals surface area contributed by atoms with Crippen molar-refractivity contribution >= 4 is 5.91 Å². The lowest BCUT2D eigenvalue weighted by atomic mass is 9.77. The Morgan fingerprint density at radius 2 is 1.92 bits per heavy atom. The largest absolute Gasteiger partial charge is 0.494 e. The fourth-order valence-electron chi connectivity index (χ4n) is 4.19. The number of hydrogen-bond acceptors (Lipinski definition) is 4. The molecule has 0 radical (unpaired) electrons. The molecule has 1 amide bonds. The van der Waals surface area contributed by atoms with Crippen LogP contribution in [0.4, 0.5) is 0 Å². The van der Waals surface area contributed by atoms with Gasteiger partial charge in [-0.05, 0) is 49.3 Å². The number of carbonyl (C=O) groups excluding carboxylic acids is 1. The molecule has 3 rings (SSSR count). The van der Waals surface area contributed by atoms with Crippen molar-refractivity contribution < 1.29 is 14.6 Å². The third kappa shape index (κ3) is 4.08. The molecule has 1 aliphatic carbocycles. The van der Waals surface area contributed by atoms with E-state index in [4.69, 9.17) is 4.74 Å². The number of likely N-dealkylation sites (tertiary alicyclic amines) is 1. The average Bonchev–Trinajstić information content (AvgIpc) is 2.90. The van der Waals surface area contributed by atoms with Gasteiger partial charge in [-0.25, -0.2) is 0 Å². The molecule has 0 bridgehead atoms. The van der Waals surface area contributed by atoms with Crippen LogP contribution < -0.4 is 10.1 Å². The molecule has 1 heterocycles. The standard InChI is InChI=1S/C19H28N2O3/c1-3-24-17-6-4-14(5-7-17)10-21-11-15-8-18(20-13(2)22)19(23)9-16(15)12-21/h4-7,15-16,18-19,23H,3,8-12H2,1-2H3,(H,20,22)/t15-,16+,18-,19-/m1/s1. The number of nitrogens with zero attached hydrogens (tertiary/aromatic N) is 1. The lowest BCUT2D eigenvalue weighted by molar-refractivity contribution is -0.121. The molecule has 0 unspecified atom stereocenters. The van der Waals surface area contributed by atoms with Crippen LogP contribution in [0.2, 0.25) is 0 Å². The minimum atomic E-state index is -0.416. The van der Waals surface area contributed by atoms with E-state index in [1.165, 1.54) is 12.5 Å². The number of aliphatic hydroxyl groups excluding tert-OH is 1. The van der Waals surface area contributed by atoms with Gasteiger partial charge < -0.3 is 15.2 Å². The number of fused-ring (bicyclic) bond motifs is 1. The fourth-order valence-corrected chi connectivity index (χ4v) is 4.19. The van der Waals surface area contributed by atoms with E-state index in [9.17, 15) is 9.90 Å². The van der Waals surface area contributed by atoms with Crippen LogP contribution in [-0.2, 0) is 11.3 Å². The summed E-state index contributed by atoms with van der Waals surface area (Å²) in [6.07, 6.45) is 1.25. The zero-order chi connectivity index (χ0) is 17.1. The second kappa shape index (κ2) is 7.53. The van der Waals surface area contributed by atoms with E-state index in [0.29, 0.717) is 18.4 Å². The summed E-state index contributed by atoms with van der Waals surface area (Å²) in [6.45, 7) is 7.20. The van der Waals surface area contributed by atoms with E-state index < -0.39 is 6.10 Å². The highest BCUT2D eigenvalue weighted by Gasteiger charge is 2.41. The molecule has 24 heavy (non-hydrogen) atoms. The Kier molecular flexibility index (Phi) is 5.41. The van der Waals surface area contributed by atoms with Gasteiger partial charge in [0.2, 0.25) is 5.91 Å². The van der Waals surface area contributed by atoms with E-state index in [-0.39, 0.29) is 11.9 Å². The van der Waals surface area contributed by atoms with E-state index >= 15 is 0 Å². The molecule has 1 aromatic carbocycles. The maximum absolute atomic E-state index is 11.3. The molecule has 5 heteroatoms. The zero-order valence-corrected chi connectivity index (χ0v) is 14.6. The van der Waals surface area contributed by atoms with Gasteiger partial charge in [0.15, 0.2) is 0 Å². The van der Waals surface area contributed by atoms with Gasteiger partial charge in [0, 0.05) is 26.6 Å². The number of carbonyl (C=O) groups is 1. The quantitative estimate of drug-likeness (QED) is 0.863. The molecule has 4 atom stereocenters. The van der Waals surface area contributed by atoms with Gasteiger partial charge in [-0.1, -0.05) is 12.1 Å². The maximum Gasteiger partial charge on any atom is 0.217 e. The molecule has 5 nitrogen and oxygen atoms in total. The first-order valence-electron chi connectivity index (χ1n) is 8.94. The normalized spacial score (nSPS) is 30.0. The van der Waals surface area contributed by atoms with Crippen LogP contribution in [0.5, 0.6) is 5.75 Å². The Bertz CT molecular complexity index is 560. The van der Waals surface area contributed by atoms with Crippen LogP contribution in [0.25, 0.3) is 0 Å². The van der Waals surface area contributed by atoms with Crippen LogP contribution in [0.15, 0.2) is 24.3 Å². The van der Waals surface area contributed by atoms with Gasteiger partial charge in [-0.15, -0.1) is 0 Å². The molecule has 1 saturated carbocycles. The first-order valence-corrected chi connectivity index (χ1v) is 8.94. The highest BCUT2D eigenvalue weighted by Crippen LogP contribution is 2.37. The summed E-state index contributed by atoms with van der Waals surface area (Å²) in [5.74, 6) is 1.96. The Hall–Kier alpha value is -1.59. The molecular formula is C19H28N2O3. The molecule has 1 aromatic rings. The fraction of sp³-hybridized carbons (Fsp3) is 0.632. The molecule has 2 N–H and O–H groups in total. The SMILES string of the molecule is CCOc1ccc(CN2C[C@H]3C[C@@H](NC(C)=O)[C@H](O)C[C@H]3C2)cc1. The summed E-state index contributed by atoms with van der Waals surface area (Å²) in [7, 11) is 0. The van der Waals surface area contributed by atoms with Crippen molar-refractivity contribution in [2.24, 2.45) is 11.8 Å². The van der Waals surface area contributed by atoms with Crippen LogP contribution in [0, 0.1) is 11.8 Å². The van der Waals surface area contributed by atoms with E-state index in [0.717, 1.165) is 38.2 Å². The van der Waals surface area contributed by atoms with E-state index in [1.807, 2.05) is 19.1 Å². The smallest absolute Gasteiger partial charge is 0.217 e. The molecule has 0 spiro atoms. The summed E-state index contributed by atoms with van der Waals surface area (Å²) >= 11 is 0. The van der Waals surface area contributed by atoms with E-state index in [1.54, 1.807) is 0 Å². The number of benzene rings is 1. The van der Waals surface area contributed by atoms with Crippen LogP contribution in [0.3, 0.4) is 0 Å². The maximum atomic E-state index is 11.3. The second-order valence-electron chi connectivity index (χ2n) is 7.14. The predicted molar refractivity (Wildman–Crippen MR) is 92.7 cm³/mol. The van der Waals surface area contributed by atoms with Crippen LogP contribution in [-0.4, -0.2) is 47.8 Å². The average molecular weight is 332 g/mol. The Morgan fingerprint density at radius 3 is 2.54 bits per heavy atom. The van der Waals surface area contributed by atoms with E-state index in [2.05, 4.69) is 22.3 Å². The molecular weight excluding hydrogens is 304 g/mol. The Labute approximate surface area is 144 Å². The first-order chi connectivity index (χ1) is 11.5. The topological polar surface area (TPSA) is 61.8 Å². The van der Waals surface area contributed by atoms with Gasteiger partial charge in [0.05, 0.1) is 18.8 Å². The van der Waals surface area contributed by atoms with Crippen molar-refractivity contribution in [1.29, 1.82) is 0 Å². The summed E-state index contributed by atoms with van der Waals surface area (Å²) in [5, 5.41) is 13.2. The van der Waals surface area contributed by atoms with Crippen LogP contribution >= 0.6 is 0 Å². The summed E-state index contributed by atoms with van der Waals surface area (Å²) in [4.78, 5) is 13.8. The van der Waals surface area contributed by atoms with Crippen molar-refractivity contribution in [2.75, 3.05) is 19.7 Å². The number of aliphatic hydroxyl groups is 1. The summed E-state index contributed by atoms with van der Waals surface area (Å²) in [5.41, 5.74) is 1.29. The van der Waals surface area contributed by atoms with Crippen molar-refractivity contribution in [3.05, 3.63) is 29.8 Å². The number of ether oxygens (including phenoxy) is 1. The van der Waals surface area contributed by atoms with Crippen molar-refractivity contribution in [1.82, 2.24) is 10.2 Å². The van der Waals surface area contributed by atoms with Gasteiger partial charge in [0.1, 0.15) is 5.75 Å². The van der Waals surface area contributed by atoms with Crippen molar-refractivity contribution in [3.63, 3.8) is 0 Å². The van der Waals surface area contributed by atoms with Crippen molar-refractivity contribution in [3.8, 4) is 5.75 Å². The number of amides is 1. The monoisotopic (exact) mass is 332 g/mol. The Morgan fingerprint density at radius 1 is 1.25 bits per heavy atom. The lowest BCUT2D eigenvalue weighted by Gasteiger charge is -2.35. The molecule has 2 aliphatic rings.